The molecule has 0 saturated carbocycles. The first kappa shape index (κ1) is 12.8. The topological polar surface area (TPSA) is 44.5 Å². The van der Waals surface area contributed by atoms with Crippen LogP contribution in [0.5, 0.6) is 11.5 Å². The molecule has 3 nitrogen and oxygen atoms in total. The van der Waals surface area contributed by atoms with Crippen LogP contribution >= 0.6 is 15.9 Å². The normalized spacial score (nSPS) is 10.1. The lowest BCUT2D eigenvalue weighted by molar-refractivity contribution is 0.305. The number of halogens is 1. The Bertz CT molecular complexity index is 506. The van der Waals surface area contributed by atoms with E-state index in [0.29, 0.717) is 6.61 Å². The summed E-state index contributed by atoms with van der Waals surface area (Å²) in [5.41, 5.74) is 7.51. The van der Waals surface area contributed by atoms with Gasteiger partial charge in [0.15, 0.2) is 0 Å². The maximum absolute atomic E-state index is 5.76. The van der Waals surface area contributed by atoms with Gasteiger partial charge in [0.1, 0.15) is 18.1 Å². The highest BCUT2D eigenvalue weighted by atomic mass is 79.9. The lowest BCUT2D eigenvalue weighted by Crippen LogP contribution is -1.97. The maximum atomic E-state index is 5.76. The van der Waals surface area contributed by atoms with Crippen LogP contribution < -0.4 is 15.2 Å². The van der Waals surface area contributed by atoms with Gasteiger partial charge in [-0.15, -0.1) is 0 Å². The fourth-order valence-corrected chi connectivity index (χ4v) is 2.16. The molecule has 0 atom stereocenters. The number of hydrogen-bond donors (Lipinski definition) is 1. The van der Waals surface area contributed by atoms with E-state index in [1.165, 1.54) is 0 Å². The van der Waals surface area contributed by atoms with E-state index in [1.807, 2.05) is 42.5 Å². The van der Waals surface area contributed by atoms with E-state index >= 15 is 0 Å². The van der Waals surface area contributed by atoms with Crippen LogP contribution in [-0.2, 0) is 6.61 Å². The molecule has 2 N–H and O–H groups in total. The van der Waals surface area contributed by atoms with E-state index in [-0.39, 0.29) is 0 Å². The Balaban J connectivity index is 2.01. The fraction of sp³-hybridized carbons (Fsp3) is 0.143. The van der Waals surface area contributed by atoms with E-state index in [1.54, 1.807) is 7.11 Å². The summed E-state index contributed by atoms with van der Waals surface area (Å²) in [7, 11) is 1.64. The largest absolute Gasteiger partial charge is 0.497 e. The van der Waals surface area contributed by atoms with E-state index in [2.05, 4.69) is 15.9 Å². The number of benzene rings is 2. The highest BCUT2D eigenvalue weighted by molar-refractivity contribution is 9.10. The second-order valence-corrected chi connectivity index (χ2v) is 4.77. The van der Waals surface area contributed by atoms with E-state index < -0.39 is 0 Å². The molecule has 0 heterocycles. The quantitative estimate of drug-likeness (QED) is 0.877. The molecule has 18 heavy (non-hydrogen) atoms. The number of rotatable bonds is 4. The Morgan fingerprint density at radius 1 is 1.06 bits per heavy atom. The minimum Gasteiger partial charge on any atom is -0.497 e. The number of ether oxygens (including phenoxy) is 2. The third-order valence-corrected chi connectivity index (χ3v) is 2.90. The molecule has 0 aliphatic carbocycles. The molecule has 0 bridgehead atoms. The zero-order chi connectivity index (χ0) is 13.0. The number of anilines is 1. The molecular weight excluding hydrogens is 294 g/mol. The summed E-state index contributed by atoms with van der Waals surface area (Å²) in [5.74, 6) is 1.61. The van der Waals surface area contributed by atoms with Crippen molar-refractivity contribution in [3.63, 3.8) is 0 Å². The van der Waals surface area contributed by atoms with Gasteiger partial charge in [0.2, 0.25) is 0 Å². The molecular formula is C14H14BrNO2. The van der Waals surface area contributed by atoms with Crippen molar-refractivity contribution >= 4 is 21.6 Å². The third kappa shape index (κ3) is 3.40. The second kappa shape index (κ2) is 5.78. The minimum atomic E-state index is 0.482. The average molecular weight is 308 g/mol. The van der Waals surface area contributed by atoms with Crippen molar-refractivity contribution < 1.29 is 9.47 Å². The monoisotopic (exact) mass is 307 g/mol. The van der Waals surface area contributed by atoms with Crippen LogP contribution in [-0.4, -0.2) is 7.11 Å². The summed E-state index contributed by atoms with van der Waals surface area (Å²) >= 11 is 3.41. The Morgan fingerprint density at radius 2 is 1.72 bits per heavy atom. The van der Waals surface area contributed by atoms with Crippen molar-refractivity contribution in [3.8, 4) is 11.5 Å². The predicted molar refractivity (Wildman–Crippen MR) is 75.9 cm³/mol. The Kier molecular flexibility index (Phi) is 4.10. The van der Waals surface area contributed by atoms with Crippen molar-refractivity contribution in [2.24, 2.45) is 0 Å². The molecule has 2 rings (SSSR count). The van der Waals surface area contributed by atoms with Gasteiger partial charge in [-0.05, 0) is 48.0 Å². The van der Waals surface area contributed by atoms with Crippen LogP contribution in [0.25, 0.3) is 0 Å². The number of hydrogen-bond acceptors (Lipinski definition) is 3. The first-order valence-electron chi connectivity index (χ1n) is 5.49. The van der Waals surface area contributed by atoms with Gasteiger partial charge in [0.05, 0.1) is 7.11 Å². The van der Waals surface area contributed by atoms with Gasteiger partial charge >= 0.3 is 0 Å². The Labute approximate surface area is 115 Å². The predicted octanol–water partition coefficient (Wildman–Crippen LogP) is 3.62. The summed E-state index contributed by atoms with van der Waals surface area (Å²) in [6, 6.07) is 13.2. The minimum absolute atomic E-state index is 0.482. The standard InChI is InChI=1S/C14H14BrNO2/c1-17-13-2-4-14(5-3-13)18-9-10-6-11(15)8-12(16)7-10/h2-8H,9,16H2,1H3. The number of nitrogen functional groups attached to an aromatic ring is 1. The van der Waals surface area contributed by atoms with Crippen molar-refractivity contribution in [3.05, 3.63) is 52.5 Å². The zero-order valence-electron chi connectivity index (χ0n) is 10.0. The Morgan fingerprint density at radius 3 is 2.33 bits per heavy atom. The van der Waals surface area contributed by atoms with Crippen LogP contribution in [0.15, 0.2) is 46.9 Å². The summed E-state index contributed by atoms with van der Waals surface area (Å²) in [5, 5.41) is 0. The summed E-state index contributed by atoms with van der Waals surface area (Å²) in [4.78, 5) is 0. The molecule has 4 heteroatoms. The molecule has 0 aliphatic rings. The van der Waals surface area contributed by atoms with Crippen molar-refractivity contribution in [2.75, 3.05) is 12.8 Å². The average Bonchev–Trinajstić information content (AvgIpc) is 2.36. The highest BCUT2D eigenvalue weighted by Gasteiger charge is 1.99. The summed E-state index contributed by atoms with van der Waals surface area (Å²) in [6.45, 7) is 0.482. The molecule has 0 saturated heterocycles. The van der Waals surface area contributed by atoms with E-state index in [9.17, 15) is 0 Å². The smallest absolute Gasteiger partial charge is 0.120 e. The van der Waals surface area contributed by atoms with E-state index in [0.717, 1.165) is 27.2 Å². The van der Waals surface area contributed by atoms with Crippen LogP contribution in [0.2, 0.25) is 0 Å². The van der Waals surface area contributed by atoms with Gasteiger partial charge in [-0.2, -0.15) is 0 Å². The molecule has 0 amide bonds. The first-order chi connectivity index (χ1) is 8.67. The summed E-state index contributed by atoms with van der Waals surface area (Å²) < 4.78 is 11.7. The molecule has 0 aromatic heterocycles. The van der Waals surface area contributed by atoms with Crippen LogP contribution in [0.3, 0.4) is 0 Å². The van der Waals surface area contributed by atoms with Crippen LogP contribution in [0, 0.1) is 0 Å². The molecule has 0 spiro atoms. The van der Waals surface area contributed by atoms with Gasteiger partial charge in [-0.3, -0.25) is 0 Å². The van der Waals surface area contributed by atoms with Crippen molar-refractivity contribution in [2.45, 2.75) is 6.61 Å². The van der Waals surface area contributed by atoms with Gasteiger partial charge in [-0.25, -0.2) is 0 Å². The van der Waals surface area contributed by atoms with Crippen molar-refractivity contribution in [1.29, 1.82) is 0 Å². The number of nitrogens with two attached hydrogens (primary N) is 1. The lowest BCUT2D eigenvalue weighted by Gasteiger charge is -2.08. The summed E-state index contributed by atoms with van der Waals surface area (Å²) in [6.07, 6.45) is 0. The van der Waals surface area contributed by atoms with Crippen molar-refractivity contribution in [1.82, 2.24) is 0 Å². The lowest BCUT2D eigenvalue weighted by atomic mass is 10.2. The molecule has 2 aromatic rings. The molecule has 94 valence electrons. The number of methoxy groups -OCH3 is 1. The second-order valence-electron chi connectivity index (χ2n) is 3.86. The SMILES string of the molecule is COc1ccc(OCc2cc(N)cc(Br)c2)cc1. The third-order valence-electron chi connectivity index (χ3n) is 2.44. The van der Waals surface area contributed by atoms with Gasteiger partial charge in [0, 0.05) is 10.2 Å². The maximum Gasteiger partial charge on any atom is 0.120 e. The zero-order valence-corrected chi connectivity index (χ0v) is 11.6. The van der Waals surface area contributed by atoms with Gasteiger partial charge in [-0.1, -0.05) is 15.9 Å². The van der Waals surface area contributed by atoms with Crippen LogP contribution in [0.1, 0.15) is 5.56 Å². The fourth-order valence-electron chi connectivity index (χ4n) is 1.60. The van der Waals surface area contributed by atoms with Crippen LogP contribution in [0.4, 0.5) is 5.69 Å². The van der Waals surface area contributed by atoms with E-state index in [4.69, 9.17) is 15.2 Å². The molecule has 0 radical (unpaired) electrons. The van der Waals surface area contributed by atoms with Gasteiger partial charge < -0.3 is 15.2 Å². The Hall–Kier alpha value is -1.68. The molecule has 0 unspecified atom stereocenters. The van der Waals surface area contributed by atoms with Gasteiger partial charge in [0.25, 0.3) is 0 Å². The highest BCUT2D eigenvalue weighted by Crippen LogP contribution is 2.21. The molecule has 2 aromatic carbocycles. The molecule has 0 fully saturated rings. The molecule has 0 aliphatic heterocycles. The first-order valence-corrected chi connectivity index (χ1v) is 6.28.